The number of carbonyl (C=O) groups is 2. The number of carbonyl (C=O) groups excluding carboxylic acids is 2. The number of hydrogen-bond donors (Lipinski definition) is 1. The summed E-state index contributed by atoms with van der Waals surface area (Å²) in [5, 5.41) is 6.81. The number of amides is 1. The van der Waals surface area contributed by atoms with E-state index in [0.29, 0.717) is 48.1 Å². The number of anilines is 1. The molecule has 2 aromatic rings. The van der Waals surface area contributed by atoms with E-state index in [1.54, 1.807) is 12.1 Å². The molecule has 1 saturated carbocycles. The Morgan fingerprint density at radius 2 is 1.88 bits per heavy atom. The molecule has 1 atom stereocenters. The Labute approximate surface area is 200 Å². The molecule has 0 radical (unpaired) electrons. The Hall–Kier alpha value is -2.54. The average Bonchev–Trinajstić information content (AvgIpc) is 3.33. The second-order valence-corrected chi connectivity index (χ2v) is 9.89. The number of nitrogens with one attached hydrogen (secondary N) is 1. The highest BCUT2D eigenvalue weighted by Gasteiger charge is 2.34. The van der Waals surface area contributed by atoms with Gasteiger partial charge >= 0.3 is 0 Å². The first-order valence-electron chi connectivity index (χ1n) is 12.6. The lowest BCUT2D eigenvalue weighted by Crippen LogP contribution is -2.33. The molecule has 6 nitrogen and oxygen atoms in total. The summed E-state index contributed by atoms with van der Waals surface area (Å²) in [4.78, 5) is 26.5. The zero-order chi connectivity index (χ0) is 24.1. The molecule has 1 N–H and O–H groups in total. The predicted molar refractivity (Wildman–Crippen MR) is 127 cm³/mol. The summed E-state index contributed by atoms with van der Waals surface area (Å²) in [6.45, 7) is 5.43. The van der Waals surface area contributed by atoms with E-state index in [2.05, 4.69) is 17.4 Å². The van der Waals surface area contributed by atoms with E-state index in [1.165, 1.54) is 12.3 Å². The number of ether oxygens (including phenoxy) is 1. The molecule has 2 fully saturated rings. The Bertz CT molecular complexity index is 990. The van der Waals surface area contributed by atoms with Crippen molar-refractivity contribution in [1.82, 2.24) is 5.16 Å². The van der Waals surface area contributed by atoms with E-state index >= 15 is 0 Å². The summed E-state index contributed by atoms with van der Waals surface area (Å²) in [6.07, 6.45) is 7.58. The van der Waals surface area contributed by atoms with E-state index in [1.807, 2.05) is 6.92 Å². The Balaban J connectivity index is 1.49. The van der Waals surface area contributed by atoms with Gasteiger partial charge in [-0.3, -0.25) is 9.59 Å². The van der Waals surface area contributed by atoms with Crippen molar-refractivity contribution in [2.45, 2.75) is 71.1 Å². The number of benzene rings is 1. The summed E-state index contributed by atoms with van der Waals surface area (Å²) in [6, 6.07) is 4.94. The third kappa shape index (κ3) is 5.74. The molecule has 1 aliphatic heterocycles. The number of rotatable bonds is 8. The molecule has 0 spiro atoms. The first-order chi connectivity index (χ1) is 16.5. The second-order valence-electron chi connectivity index (χ2n) is 9.89. The molecule has 1 aliphatic carbocycles. The lowest BCUT2D eigenvalue weighted by molar-refractivity contribution is -0.122. The molecule has 34 heavy (non-hydrogen) atoms. The van der Waals surface area contributed by atoms with Crippen LogP contribution in [0.15, 0.2) is 29.0 Å². The third-order valence-corrected chi connectivity index (χ3v) is 7.58. The zero-order valence-electron chi connectivity index (χ0n) is 20.1. The average molecular weight is 471 g/mol. The number of hydrogen-bond acceptors (Lipinski definition) is 5. The van der Waals surface area contributed by atoms with Gasteiger partial charge in [-0.05, 0) is 67.6 Å². The van der Waals surface area contributed by atoms with Crippen LogP contribution in [0.4, 0.5) is 10.1 Å². The highest BCUT2D eigenvalue weighted by atomic mass is 19.1. The summed E-state index contributed by atoms with van der Waals surface area (Å²) >= 11 is 0. The quantitative estimate of drug-likeness (QED) is 0.484. The van der Waals surface area contributed by atoms with Crippen LogP contribution in [-0.4, -0.2) is 30.1 Å². The molecule has 1 aromatic heterocycles. The van der Waals surface area contributed by atoms with Gasteiger partial charge < -0.3 is 14.6 Å². The molecule has 2 heterocycles. The van der Waals surface area contributed by atoms with Crippen molar-refractivity contribution in [1.29, 1.82) is 0 Å². The lowest BCUT2D eigenvalue weighted by Gasteiger charge is -2.32. The fraction of sp³-hybridized carbons (Fsp3) is 0.593. The van der Waals surface area contributed by atoms with E-state index < -0.39 is 5.92 Å². The van der Waals surface area contributed by atoms with Crippen LogP contribution < -0.4 is 5.32 Å². The fourth-order valence-corrected chi connectivity index (χ4v) is 5.39. The Morgan fingerprint density at radius 3 is 2.56 bits per heavy atom. The van der Waals surface area contributed by atoms with Crippen molar-refractivity contribution in [2.75, 3.05) is 18.5 Å². The SMILES string of the molecule is CCc1nocc1C(=O)C[C@H](C(=O)Nc1ccc(C2CCOCC2)c(F)c1)C1CCC(C)CC1. The summed E-state index contributed by atoms with van der Waals surface area (Å²) in [7, 11) is 0. The van der Waals surface area contributed by atoms with Gasteiger partial charge in [0.15, 0.2) is 5.78 Å². The molecule has 1 aromatic carbocycles. The number of nitrogens with zero attached hydrogens (tertiary/aromatic N) is 1. The van der Waals surface area contributed by atoms with E-state index in [-0.39, 0.29) is 35.8 Å². The lowest BCUT2D eigenvalue weighted by atomic mass is 9.74. The van der Waals surface area contributed by atoms with Crippen molar-refractivity contribution >= 4 is 17.4 Å². The molecule has 0 unspecified atom stereocenters. The van der Waals surface area contributed by atoms with Crippen LogP contribution >= 0.6 is 0 Å². The summed E-state index contributed by atoms with van der Waals surface area (Å²) in [5.74, 6) is -0.231. The van der Waals surface area contributed by atoms with Crippen molar-refractivity contribution in [3.8, 4) is 0 Å². The van der Waals surface area contributed by atoms with E-state index in [9.17, 15) is 14.0 Å². The molecule has 2 aliphatic rings. The number of aromatic nitrogens is 1. The van der Waals surface area contributed by atoms with Gasteiger partial charge in [-0.25, -0.2) is 4.39 Å². The van der Waals surface area contributed by atoms with Gasteiger partial charge in [-0.1, -0.05) is 37.9 Å². The van der Waals surface area contributed by atoms with Gasteiger partial charge in [0.25, 0.3) is 0 Å². The smallest absolute Gasteiger partial charge is 0.228 e. The molecule has 0 bridgehead atoms. The van der Waals surface area contributed by atoms with Crippen molar-refractivity contribution in [3.05, 3.63) is 47.1 Å². The van der Waals surface area contributed by atoms with E-state index in [0.717, 1.165) is 38.5 Å². The topological polar surface area (TPSA) is 81.4 Å². The van der Waals surface area contributed by atoms with Gasteiger partial charge in [-0.15, -0.1) is 0 Å². The maximum Gasteiger partial charge on any atom is 0.228 e. The van der Waals surface area contributed by atoms with E-state index in [4.69, 9.17) is 9.26 Å². The molecule has 4 rings (SSSR count). The number of aryl methyl sites for hydroxylation is 1. The highest BCUT2D eigenvalue weighted by Crippen LogP contribution is 2.36. The zero-order valence-corrected chi connectivity index (χ0v) is 20.1. The highest BCUT2D eigenvalue weighted by molar-refractivity contribution is 6.01. The summed E-state index contributed by atoms with van der Waals surface area (Å²) in [5.41, 5.74) is 2.18. The molecular formula is C27H35FN2O4. The van der Waals surface area contributed by atoms with Crippen molar-refractivity contribution < 1.29 is 23.2 Å². The minimum absolute atomic E-state index is 0.0989. The first-order valence-corrected chi connectivity index (χ1v) is 12.6. The van der Waals surface area contributed by atoms with Gasteiger partial charge in [0.2, 0.25) is 5.91 Å². The monoisotopic (exact) mass is 470 g/mol. The number of halogens is 1. The third-order valence-electron chi connectivity index (χ3n) is 7.58. The van der Waals surface area contributed by atoms with Gasteiger partial charge in [0, 0.05) is 31.2 Å². The maximum absolute atomic E-state index is 14.9. The molecule has 7 heteroatoms. The molecule has 1 amide bonds. The van der Waals surface area contributed by atoms with Crippen molar-refractivity contribution in [2.24, 2.45) is 17.8 Å². The largest absolute Gasteiger partial charge is 0.381 e. The van der Waals surface area contributed by atoms with Crippen molar-refractivity contribution in [3.63, 3.8) is 0 Å². The van der Waals surface area contributed by atoms with Crippen LogP contribution in [0.1, 0.15) is 86.3 Å². The van der Waals surface area contributed by atoms with Gasteiger partial charge in [-0.2, -0.15) is 0 Å². The van der Waals surface area contributed by atoms with Crippen LogP contribution in [0.5, 0.6) is 0 Å². The maximum atomic E-state index is 14.9. The first kappa shape index (κ1) is 24.6. The molecule has 1 saturated heterocycles. The van der Waals surface area contributed by atoms with Gasteiger partial charge in [0.1, 0.15) is 12.1 Å². The normalized spacial score (nSPS) is 22.3. The van der Waals surface area contributed by atoms with Crippen LogP contribution in [0.2, 0.25) is 0 Å². The minimum Gasteiger partial charge on any atom is -0.381 e. The van der Waals surface area contributed by atoms with Crippen LogP contribution in [0.3, 0.4) is 0 Å². The molecular weight excluding hydrogens is 435 g/mol. The standard InChI is InChI=1S/C27H35FN2O4/c1-3-25-23(16-34-30-25)26(31)15-22(18-6-4-17(2)5-7-18)27(32)29-20-8-9-21(24(28)14-20)19-10-12-33-13-11-19/h8-9,14,16-19,22H,3-7,10-13,15H2,1-2H3,(H,29,32)/t17?,18?,22-/m0/s1. The minimum atomic E-state index is -0.474. The molecule has 184 valence electrons. The summed E-state index contributed by atoms with van der Waals surface area (Å²) < 4.78 is 25.3. The predicted octanol–water partition coefficient (Wildman–Crippen LogP) is 5.92. The Morgan fingerprint density at radius 1 is 1.15 bits per heavy atom. The second kappa shape index (κ2) is 11.3. The number of ketones is 1. The number of Topliss-reactive ketones (excluding diaryl/α,β-unsaturated/α-hetero) is 1. The van der Waals surface area contributed by atoms with Crippen LogP contribution in [-0.2, 0) is 16.0 Å². The van der Waals surface area contributed by atoms with Gasteiger partial charge in [0.05, 0.1) is 11.3 Å². The van der Waals surface area contributed by atoms with Crippen LogP contribution in [0.25, 0.3) is 0 Å². The fourth-order valence-electron chi connectivity index (χ4n) is 5.39. The Kier molecular flexibility index (Phi) is 8.14. The van der Waals surface area contributed by atoms with Crippen LogP contribution in [0, 0.1) is 23.6 Å².